The first-order valence-corrected chi connectivity index (χ1v) is 5.75. The van der Waals surface area contributed by atoms with E-state index in [-0.39, 0.29) is 0 Å². The highest BCUT2D eigenvalue weighted by atomic mass is 32.1. The van der Waals surface area contributed by atoms with Gasteiger partial charge in [0.1, 0.15) is 6.04 Å². The van der Waals surface area contributed by atoms with Crippen LogP contribution in [0, 0.1) is 0 Å². The molecule has 17 heavy (non-hydrogen) atoms. The van der Waals surface area contributed by atoms with Crippen LogP contribution >= 0.6 is 11.3 Å². The second-order valence-electron chi connectivity index (χ2n) is 3.43. The number of halogens is 3. The molecule has 0 aliphatic heterocycles. The molecule has 1 unspecified atom stereocenters. The Bertz CT molecular complexity index is 475. The van der Waals surface area contributed by atoms with Gasteiger partial charge in [-0.1, -0.05) is 6.07 Å². The highest BCUT2D eigenvalue weighted by molar-refractivity contribution is 7.13. The molecule has 1 atom stereocenters. The number of hydrogen-bond donors (Lipinski definition) is 1. The fraction of sp³-hybridized carbons (Fsp3) is 0.300. The minimum atomic E-state index is -4.37. The molecule has 0 bridgehead atoms. The third kappa shape index (κ3) is 2.34. The quantitative estimate of drug-likeness (QED) is 0.923. The number of rotatable bonds is 3. The van der Waals surface area contributed by atoms with Crippen molar-refractivity contribution in [3.63, 3.8) is 0 Å². The Hall–Kier alpha value is -1.34. The van der Waals surface area contributed by atoms with Gasteiger partial charge < -0.3 is 10.3 Å². The Morgan fingerprint density at radius 2 is 2.24 bits per heavy atom. The van der Waals surface area contributed by atoms with Crippen LogP contribution in [0.2, 0.25) is 0 Å². The zero-order valence-corrected chi connectivity index (χ0v) is 9.50. The van der Waals surface area contributed by atoms with Crippen LogP contribution in [-0.2, 0) is 0 Å². The van der Waals surface area contributed by atoms with E-state index in [1.54, 1.807) is 17.5 Å². The highest BCUT2D eigenvalue weighted by Gasteiger charge is 2.40. The molecule has 0 aliphatic carbocycles. The number of thiophene rings is 1. The van der Waals surface area contributed by atoms with E-state index in [9.17, 15) is 13.2 Å². The molecule has 2 aromatic heterocycles. The van der Waals surface area contributed by atoms with Gasteiger partial charge in [-0.2, -0.15) is 13.2 Å². The predicted octanol–water partition coefficient (Wildman–Crippen LogP) is 2.67. The smallest absolute Gasteiger partial charge is 0.328 e. The predicted molar refractivity (Wildman–Crippen MR) is 59.7 cm³/mol. The van der Waals surface area contributed by atoms with Gasteiger partial charge in [-0.3, -0.25) is 0 Å². The minimum Gasteiger partial charge on any atom is -0.328 e. The summed E-state index contributed by atoms with van der Waals surface area (Å²) in [5.41, 5.74) is 5.21. The van der Waals surface area contributed by atoms with Gasteiger partial charge in [-0.15, -0.1) is 11.3 Å². The molecule has 0 radical (unpaired) electrons. The first kappa shape index (κ1) is 12.1. The van der Waals surface area contributed by atoms with Gasteiger partial charge in [0.05, 0.1) is 4.88 Å². The van der Waals surface area contributed by atoms with Crippen molar-refractivity contribution in [2.75, 3.05) is 6.54 Å². The number of aromatic nitrogens is 2. The van der Waals surface area contributed by atoms with E-state index in [2.05, 4.69) is 4.98 Å². The number of nitrogens with zero attached hydrogens (tertiary/aromatic N) is 2. The molecule has 0 amide bonds. The van der Waals surface area contributed by atoms with Gasteiger partial charge in [0.25, 0.3) is 0 Å². The summed E-state index contributed by atoms with van der Waals surface area (Å²) in [7, 11) is 0. The summed E-state index contributed by atoms with van der Waals surface area (Å²) in [5.74, 6) is 0.299. The highest BCUT2D eigenvalue weighted by Crippen LogP contribution is 2.33. The third-order valence-electron chi connectivity index (χ3n) is 2.35. The molecule has 3 nitrogen and oxygen atoms in total. The molecule has 2 aromatic rings. The van der Waals surface area contributed by atoms with Crippen LogP contribution in [0.5, 0.6) is 0 Å². The van der Waals surface area contributed by atoms with E-state index in [1.165, 1.54) is 23.7 Å². The topological polar surface area (TPSA) is 43.8 Å². The molecule has 0 aliphatic rings. The molecule has 0 saturated carbocycles. The van der Waals surface area contributed by atoms with Crippen molar-refractivity contribution >= 4 is 11.3 Å². The molecular weight excluding hydrogens is 251 g/mol. The molecule has 0 saturated heterocycles. The van der Waals surface area contributed by atoms with E-state index < -0.39 is 18.8 Å². The Kier molecular flexibility index (Phi) is 3.21. The lowest BCUT2D eigenvalue weighted by Crippen LogP contribution is -2.33. The van der Waals surface area contributed by atoms with E-state index in [0.29, 0.717) is 10.7 Å². The molecule has 92 valence electrons. The van der Waals surface area contributed by atoms with E-state index in [1.807, 2.05) is 0 Å². The van der Waals surface area contributed by atoms with Crippen LogP contribution in [0.25, 0.3) is 10.7 Å². The van der Waals surface area contributed by atoms with Crippen molar-refractivity contribution < 1.29 is 13.2 Å². The second kappa shape index (κ2) is 4.50. The lowest BCUT2D eigenvalue weighted by molar-refractivity contribution is -0.164. The molecule has 0 fully saturated rings. The third-order valence-corrected chi connectivity index (χ3v) is 3.21. The van der Waals surface area contributed by atoms with Gasteiger partial charge in [0.2, 0.25) is 0 Å². The summed E-state index contributed by atoms with van der Waals surface area (Å²) in [5, 5.41) is 1.79. The maximum absolute atomic E-state index is 12.8. The van der Waals surface area contributed by atoms with Crippen LogP contribution < -0.4 is 5.73 Å². The van der Waals surface area contributed by atoms with Crippen LogP contribution in [0.4, 0.5) is 13.2 Å². The van der Waals surface area contributed by atoms with Crippen molar-refractivity contribution in [2.45, 2.75) is 12.2 Å². The minimum absolute atomic E-state index is 0.299. The molecular formula is C10H10F3N3S. The Balaban J connectivity index is 2.43. The Morgan fingerprint density at radius 3 is 2.76 bits per heavy atom. The monoisotopic (exact) mass is 261 g/mol. The summed E-state index contributed by atoms with van der Waals surface area (Å²) in [4.78, 5) is 4.65. The summed E-state index contributed by atoms with van der Waals surface area (Å²) in [6, 6.07) is 1.76. The zero-order chi connectivity index (χ0) is 12.5. The standard InChI is InChI=1S/C10H10F3N3S/c11-10(12,13)8(6-14)16-4-3-15-9(16)7-2-1-5-17-7/h1-5,8H,6,14H2. The Morgan fingerprint density at radius 1 is 1.47 bits per heavy atom. The fourth-order valence-corrected chi connectivity index (χ4v) is 2.29. The molecule has 2 heterocycles. The number of hydrogen-bond acceptors (Lipinski definition) is 3. The summed E-state index contributed by atoms with van der Waals surface area (Å²) < 4.78 is 39.4. The van der Waals surface area contributed by atoms with Crippen LogP contribution in [0.3, 0.4) is 0 Å². The number of alkyl halides is 3. The zero-order valence-electron chi connectivity index (χ0n) is 8.69. The van der Waals surface area contributed by atoms with Gasteiger partial charge in [0, 0.05) is 18.9 Å². The van der Waals surface area contributed by atoms with E-state index >= 15 is 0 Å². The molecule has 7 heteroatoms. The summed E-state index contributed by atoms with van der Waals surface area (Å²) in [6.45, 7) is -0.502. The average Bonchev–Trinajstić information content (AvgIpc) is 2.83. The average molecular weight is 261 g/mol. The maximum Gasteiger partial charge on any atom is 0.410 e. The van der Waals surface area contributed by atoms with Gasteiger partial charge in [0.15, 0.2) is 5.82 Å². The Labute approximate surface area is 99.7 Å². The fourth-order valence-electron chi connectivity index (χ4n) is 1.57. The van der Waals surface area contributed by atoms with Crippen LogP contribution in [0.15, 0.2) is 29.9 Å². The summed E-state index contributed by atoms with van der Waals surface area (Å²) >= 11 is 1.34. The van der Waals surface area contributed by atoms with Crippen molar-refractivity contribution in [2.24, 2.45) is 5.73 Å². The number of imidazole rings is 1. The molecule has 2 N–H and O–H groups in total. The maximum atomic E-state index is 12.8. The van der Waals surface area contributed by atoms with Crippen molar-refractivity contribution in [3.8, 4) is 10.7 Å². The lowest BCUT2D eigenvalue weighted by Gasteiger charge is -2.21. The second-order valence-corrected chi connectivity index (χ2v) is 4.38. The molecule has 2 rings (SSSR count). The SMILES string of the molecule is NCC(n1ccnc1-c1cccs1)C(F)(F)F. The van der Waals surface area contributed by atoms with Crippen molar-refractivity contribution in [3.05, 3.63) is 29.9 Å². The normalized spacial score (nSPS) is 13.9. The lowest BCUT2D eigenvalue weighted by atomic mass is 10.2. The largest absolute Gasteiger partial charge is 0.410 e. The van der Waals surface area contributed by atoms with E-state index in [0.717, 1.165) is 4.57 Å². The molecule has 0 aromatic carbocycles. The molecule has 0 spiro atoms. The van der Waals surface area contributed by atoms with Crippen molar-refractivity contribution in [1.82, 2.24) is 9.55 Å². The van der Waals surface area contributed by atoms with E-state index in [4.69, 9.17) is 5.73 Å². The first-order valence-electron chi connectivity index (χ1n) is 4.87. The summed E-state index contributed by atoms with van der Waals surface area (Å²) in [6.07, 6.45) is -1.72. The van der Waals surface area contributed by atoms with Gasteiger partial charge >= 0.3 is 6.18 Å². The van der Waals surface area contributed by atoms with Crippen molar-refractivity contribution in [1.29, 1.82) is 0 Å². The van der Waals surface area contributed by atoms with Crippen LogP contribution in [0.1, 0.15) is 6.04 Å². The first-order chi connectivity index (χ1) is 8.04. The van der Waals surface area contributed by atoms with Crippen LogP contribution in [-0.4, -0.2) is 22.3 Å². The van der Waals surface area contributed by atoms with Gasteiger partial charge in [-0.05, 0) is 11.4 Å². The van der Waals surface area contributed by atoms with Gasteiger partial charge in [-0.25, -0.2) is 4.98 Å². The number of nitrogens with two attached hydrogens (primary N) is 1.